The van der Waals surface area contributed by atoms with Crippen LogP contribution in [0.25, 0.3) is 0 Å². The molecule has 0 amide bonds. The lowest BCUT2D eigenvalue weighted by atomic mass is 10.1. The highest BCUT2D eigenvalue weighted by atomic mass is 16.8. The number of aliphatic hydroxyl groups is 1. The predicted octanol–water partition coefficient (Wildman–Crippen LogP) is -1.12. The van der Waals surface area contributed by atoms with E-state index in [1.54, 1.807) is 0 Å². The fourth-order valence-electron chi connectivity index (χ4n) is 1.10. The van der Waals surface area contributed by atoms with Gasteiger partial charge in [-0.25, -0.2) is 0 Å². The Morgan fingerprint density at radius 3 is 3.14 bits per heavy atom. The molecule has 0 spiro atoms. The number of nitrogens with zero attached hydrogens (tertiary/aromatic N) is 3. The van der Waals surface area contributed by atoms with Crippen molar-refractivity contribution in [1.29, 1.82) is 0 Å². The Kier molecular flexibility index (Phi) is 1.61. The Balaban J connectivity index is 2.47. The molecule has 1 aromatic heterocycles. The molecule has 2 heterocycles. The van der Waals surface area contributed by atoms with Gasteiger partial charge in [0.2, 0.25) is 6.10 Å². The fourth-order valence-corrected chi connectivity index (χ4v) is 1.10. The number of hydrogen-bond donors (Lipinski definition) is 2. The van der Waals surface area contributed by atoms with Gasteiger partial charge in [0, 0.05) is 0 Å². The molecule has 9 heteroatoms. The summed E-state index contributed by atoms with van der Waals surface area (Å²) in [4.78, 5) is 9.50. The molecule has 1 aliphatic rings. The molecule has 0 fully saturated rings. The third-order valence-corrected chi connectivity index (χ3v) is 1.75. The Morgan fingerprint density at radius 1 is 1.79 bits per heavy atom. The van der Waals surface area contributed by atoms with E-state index in [4.69, 9.17) is 0 Å². The van der Waals surface area contributed by atoms with Crippen LogP contribution in [0.5, 0.6) is 0 Å². The molecule has 1 atom stereocenters. The van der Waals surface area contributed by atoms with Crippen molar-refractivity contribution in [1.82, 2.24) is 5.16 Å². The van der Waals surface area contributed by atoms with Crippen molar-refractivity contribution in [3.8, 4) is 0 Å². The Hall–Kier alpha value is -2.16. The molecule has 2 N–H and O–H groups in total. The van der Waals surface area contributed by atoms with Crippen LogP contribution in [0.15, 0.2) is 16.5 Å². The summed E-state index contributed by atoms with van der Waals surface area (Å²) in [5, 5.41) is 36.2. The van der Waals surface area contributed by atoms with Crippen molar-refractivity contribution >= 4 is 5.82 Å². The van der Waals surface area contributed by atoms with Gasteiger partial charge in [-0.1, -0.05) is 0 Å². The molecule has 2 rings (SSSR count). The van der Waals surface area contributed by atoms with Gasteiger partial charge in [0.05, 0.1) is 16.3 Å². The number of aliphatic hydroxyl groups excluding tert-OH is 1. The molecular weight excluding hydrogens is 196 g/mol. The Labute approximate surface area is 75.9 Å². The number of nitro groups is 1. The smallest absolute Gasteiger partial charge is 0.318 e. The topological polar surface area (TPSA) is 128 Å². The molecule has 0 saturated carbocycles. The number of aromatic nitrogens is 2. The third-order valence-electron chi connectivity index (χ3n) is 1.75. The molecule has 9 nitrogen and oxygen atoms in total. The maximum absolute atomic E-state index is 10.9. The predicted molar refractivity (Wildman–Crippen MR) is 39.1 cm³/mol. The van der Waals surface area contributed by atoms with Gasteiger partial charge in [-0.15, -0.1) is 0 Å². The lowest BCUT2D eigenvalue weighted by Crippen LogP contribution is -2.33. The summed E-state index contributed by atoms with van der Waals surface area (Å²) >= 11 is 0. The Bertz CT molecular complexity index is 424. The third kappa shape index (κ3) is 0.992. The Morgan fingerprint density at radius 2 is 2.50 bits per heavy atom. The van der Waals surface area contributed by atoms with Crippen molar-refractivity contribution < 1.29 is 19.6 Å². The van der Waals surface area contributed by atoms with E-state index in [9.17, 15) is 20.4 Å². The average Bonchev–Trinajstić information content (AvgIpc) is 2.48. The molecular formula is C5H4N4O5. The van der Waals surface area contributed by atoms with Gasteiger partial charge in [-0.3, -0.25) is 14.7 Å². The molecule has 74 valence electrons. The monoisotopic (exact) mass is 200 g/mol. The highest BCUT2D eigenvalue weighted by Crippen LogP contribution is 2.28. The van der Waals surface area contributed by atoms with Gasteiger partial charge in [0.25, 0.3) is 11.4 Å². The quantitative estimate of drug-likeness (QED) is 0.334. The van der Waals surface area contributed by atoms with Crippen LogP contribution in [0.3, 0.4) is 0 Å². The summed E-state index contributed by atoms with van der Waals surface area (Å²) in [5.41, 5.74) is -0.857. The van der Waals surface area contributed by atoms with E-state index in [2.05, 4.69) is 15.1 Å². The van der Waals surface area contributed by atoms with Crippen molar-refractivity contribution in [3.63, 3.8) is 0 Å². The number of fused-ring (bicyclic) bond motifs is 1. The number of hydrogen-bond acceptors (Lipinski definition) is 7. The second kappa shape index (κ2) is 2.67. The molecule has 0 aromatic carbocycles. The highest BCUT2D eigenvalue weighted by molar-refractivity contribution is 5.46. The first-order chi connectivity index (χ1) is 6.61. The van der Waals surface area contributed by atoms with E-state index in [-0.39, 0.29) is 16.4 Å². The van der Waals surface area contributed by atoms with Gasteiger partial charge in [0.15, 0.2) is 0 Å². The highest BCUT2D eigenvalue weighted by Gasteiger charge is 2.39. The number of nitrogens with one attached hydrogen (secondary N) is 1. The second-order valence-electron chi connectivity index (χ2n) is 2.54. The normalized spacial score (nSPS) is 19.5. The van der Waals surface area contributed by atoms with E-state index < -0.39 is 16.7 Å². The lowest BCUT2D eigenvalue weighted by molar-refractivity contribution is -0.810. The summed E-state index contributed by atoms with van der Waals surface area (Å²) in [6.45, 7) is 0. The van der Waals surface area contributed by atoms with Crippen LogP contribution >= 0.6 is 0 Å². The van der Waals surface area contributed by atoms with Crippen LogP contribution < -0.4 is 10.2 Å². The zero-order chi connectivity index (χ0) is 10.3. The van der Waals surface area contributed by atoms with Gasteiger partial charge in [-0.2, -0.15) is 0 Å². The van der Waals surface area contributed by atoms with E-state index in [0.717, 1.165) is 6.20 Å². The molecule has 0 radical (unpaired) electrons. The summed E-state index contributed by atoms with van der Waals surface area (Å²) in [6, 6.07) is 0. The fraction of sp³-hybridized carbons (Fsp3) is 0.200. The first-order valence-corrected chi connectivity index (χ1v) is 3.50. The van der Waals surface area contributed by atoms with Crippen molar-refractivity contribution in [3.05, 3.63) is 32.9 Å². The summed E-state index contributed by atoms with van der Waals surface area (Å²) in [5.74, 6) is -0.0295. The van der Waals surface area contributed by atoms with Gasteiger partial charge < -0.3 is 15.6 Å². The maximum atomic E-state index is 10.9. The first-order valence-electron chi connectivity index (χ1n) is 3.50. The van der Waals surface area contributed by atoms with Crippen LogP contribution in [0.4, 0.5) is 5.82 Å². The first kappa shape index (κ1) is 8.44. The van der Waals surface area contributed by atoms with E-state index in [1.807, 2.05) is 0 Å². The molecule has 0 bridgehead atoms. The summed E-state index contributed by atoms with van der Waals surface area (Å²) < 4.78 is 4.15. The number of rotatable bonds is 1. The zero-order valence-electron chi connectivity index (χ0n) is 6.58. The minimum absolute atomic E-state index is 0.0295. The number of anilines is 1. The van der Waals surface area contributed by atoms with Gasteiger partial charge >= 0.3 is 5.82 Å². The van der Waals surface area contributed by atoms with Crippen LogP contribution in [0, 0.1) is 15.3 Å². The van der Waals surface area contributed by atoms with Crippen molar-refractivity contribution in [2.45, 2.75) is 6.10 Å². The summed E-state index contributed by atoms with van der Waals surface area (Å²) in [6.07, 6.45) is -0.680. The standard InChI is InChI=1S/C5H4N4O5/c10-4-2(8(11)12)1-6-5-3(4)9(13)14-7-5/h1,4,10H,(H,6,7). The SMILES string of the molecule is O=[N+]([O-])C1=CNc2no[n+]([O-])c2C1O. The van der Waals surface area contributed by atoms with Crippen LogP contribution in [-0.4, -0.2) is 15.2 Å². The van der Waals surface area contributed by atoms with Crippen LogP contribution in [-0.2, 0) is 0 Å². The van der Waals surface area contributed by atoms with E-state index >= 15 is 0 Å². The van der Waals surface area contributed by atoms with Gasteiger partial charge in [-0.05, 0) is 4.90 Å². The van der Waals surface area contributed by atoms with Crippen LogP contribution in [0.2, 0.25) is 0 Å². The minimum atomic E-state index is -1.63. The second-order valence-corrected chi connectivity index (χ2v) is 2.54. The minimum Gasteiger partial charge on any atom is -0.374 e. The van der Waals surface area contributed by atoms with E-state index in [0.29, 0.717) is 0 Å². The van der Waals surface area contributed by atoms with Crippen molar-refractivity contribution in [2.24, 2.45) is 0 Å². The lowest BCUT2D eigenvalue weighted by Gasteiger charge is -2.09. The van der Waals surface area contributed by atoms with E-state index in [1.165, 1.54) is 0 Å². The summed E-state index contributed by atoms with van der Waals surface area (Å²) in [7, 11) is 0. The molecule has 14 heavy (non-hydrogen) atoms. The largest absolute Gasteiger partial charge is 0.374 e. The zero-order valence-corrected chi connectivity index (χ0v) is 6.58. The van der Waals surface area contributed by atoms with Crippen LogP contribution in [0.1, 0.15) is 11.8 Å². The molecule has 1 aromatic rings. The van der Waals surface area contributed by atoms with Gasteiger partial charge in [0.1, 0.15) is 0 Å². The average molecular weight is 200 g/mol. The maximum Gasteiger partial charge on any atom is 0.318 e. The molecule has 1 unspecified atom stereocenters. The molecule has 1 aliphatic heterocycles. The molecule has 0 aliphatic carbocycles. The molecule has 0 saturated heterocycles. The van der Waals surface area contributed by atoms with Crippen molar-refractivity contribution in [2.75, 3.05) is 5.32 Å².